The number of nitrogens with zero attached hydrogens (tertiary/aromatic N) is 4. The zero-order valence-electron chi connectivity index (χ0n) is 19.2. The van der Waals surface area contributed by atoms with E-state index in [0.717, 1.165) is 22.3 Å². The van der Waals surface area contributed by atoms with E-state index in [1.807, 2.05) is 68.6 Å². The Bertz CT molecular complexity index is 1510. The highest BCUT2D eigenvalue weighted by atomic mass is 32.2. The lowest BCUT2D eigenvalue weighted by molar-refractivity contribution is 0.102. The average molecular weight is 485 g/mol. The molecule has 0 aliphatic carbocycles. The number of aromatic amines is 1. The van der Waals surface area contributed by atoms with Crippen molar-refractivity contribution in [2.75, 3.05) is 16.4 Å². The third kappa shape index (κ3) is 5.12. The molecule has 0 unspecified atom stereocenters. The van der Waals surface area contributed by atoms with Crippen molar-refractivity contribution in [3.63, 3.8) is 0 Å². The first-order valence-electron chi connectivity index (χ1n) is 11.0. The van der Waals surface area contributed by atoms with Gasteiger partial charge in [0.1, 0.15) is 5.52 Å². The Hall–Kier alpha value is -4.31. The normalized spacial score (nSPS) is 11.0. The van der Waals surface area contributed by atoms with Gasteiger partial charge in [0, 0.05) is 29.3 Å². The number of H-pyrrole nitrogens is 1. The molecular weight excluding hydrogens is 460 g/mol. The van der Waals surface area contributed by atoms with Crippen LogP contribution in [-0.4, -0.2) is 30.7 Å². The van der Waals surface area contributed by atoms with E-state index in [0.29, 0.717) is 39.5 Å². The Morgan fingerprint density at radius 3 is 2.69 bits per heavy atom. The first kappa shape index (κ1) is 22.5. The number of carbonyl (C=O) groups excluding carboxylic acids is 1. The molecule has 0 aliphatic heterocycles. The minimum atomic E-state index is -0.203. The van der Waals surface area contributed by atoms with Gasteiger partial charge in [-0.3, -0.25) is 9.89 Å². The highest BCUT2D eigenvalue weighted by molar-refractivity contribution is 7.98. The van der Waals surface area contributed by atoms with E-state index in [-0.39, 0.29) is 5.91 Å². The van der Waals surface area contributed by atoms with Crippen LogP contribution >= 0.6 is 11.8 Å². The first-order chi connectivity index (χ1) is 16.9. The molecule has 5 aromatic rings. The molecule has 35 heavy (non-hydrogen) atoms. The zero-order chi connectivity index (χ0) is 24.4. The molecule has 0 spiro atoms. The van der Waals surface area contributed by atoms with Gasteiger partial charge in [-0.2, -0.15) is 5.10 Å². The van der Waals surface area contributed by atoms with E-state index in [4.69, 9.17) is 5.73 Å². The van der Waals surface area contributed by atoms with Crippen molar-refractivity contribution < 1.29 is 4.79 Å². The summed E-state index contributed by atoms with van der Waals surface area (Å²) in [5.41, 5.74) is 11.6. The molecule has 176 valence electrons. The lowest BCUT2D eigenvalue weighted by Gasteiger charge is -2.10. The van der Waals surface area contributed by atoms with Crippen LogP contribution in [0.5, 0.6) is 0 Å². The molecule has 3 aromatic heterocycles. The van der Waals surface area contributed by atoms with Crippen molar-refractivity contribution >= 4 is 46.2 Å². The number of hydrogen-bond donors (Lipinski definition) is 4. The number of fused-ring (bicyclic) bond motifs is 1. The van der Waals surface area contributed by atoms with E-state index < -0.39 is 0 Å². The van der Waals surface area contributed by atoms with Crippen molar-refractivity contribution in [1.29, 1.82) is 0 Å². The van der Waals surface area contributed by atoms with Gasteiger partial charge in [-0.25, -0.2) is 9.50 Å². The van der Waals surface area contributed by atoms with Crippen LogP contribution in [0.3, 0.4) is 0 Å². The number of hydrogen-bond acceptors (Lipinski definition) is 7. The standard InChI is InChI=1S/C25H24N8OS/c1-15-5-10-20(19(26)12-15)27-24(34)18-8-6-17(7-9-18)14-35-25-29-23(21-4-3-11-33(21)32-25)28-22-13-16(2)30-31-22/h3-13H,14,26H2,1-2H3,(H,27,34)(H2,28,29,30,31,32). The van der Waals surface area contributed by atoms with Gasteiger partial charge in [0.2, 0.25) is 5.16 Å². The predicted octanol–water partition coefficient (Wildman–Crippen LogP) is 4.94. The Balaban J connectivity index is 1.26. The summed E-state index contributed by atoms with van der Waals surface area (Å²) in [6.45, 7) is 3.90. The zero-order valence-corrected chi connectivity index (χ0v) is 20.1. The molecule has 9 nitrogen and oxygen atoms in total. The summed E-state index contributed by atoms with van der Waals surface area (Å²) in [6, 6.07) is 18.8. The summed E-state index contributed by atoms with van der Waals surface area (Å²) in [5, 5.41) is 18.5. The van der Waals surface area contributed by atoms with E-state index in [9.17, 15) is 4.79 Å². The van der Waals surface area contributed by atoms with Gasteiger partial charge in [0.25, 0.3) is 5.91 Å². The molecular formula is C25H24N8OS. The van der Waals surface area contributed by atoms with Crippen molar-refractivity contribution in [2.45, 2.75) is 24.8 Å². The molecule has 3 heterocycles. The Labute approximate surface area is 206 Å². The number of aromatic nitrogens is 5. The summed E-state index contributed by atoms with van der Waals surface area (Å²) in [4.78, 5) is 17.3. The fraction of sp³-hybridized carbons (Fsp3) is 0.120. The number of nitrogens with one attached hydrogen (secondary N) is 3. The Kier molecular flexibility index (Phi) is 6.11. The maximum absolute atomic E-state index is 12.6. The van der Waals surface area contributed by atoms with Gasteiger partial charge in [-0.15, -0.1) is 5.10 Å². The number of nitrogen functional groups attached to an aromatic ring is 1. The lowest BCUT2D eigenvalue weighted by atomic mass is 10.1. The van der Waals surface area contributed by atoms with Gasteiger partial charge < -0.3 is 16.4 Å². The summed E-state index contributed by atoms with van der Waals surface area (Å²) in [6.07, 6.45) is 1.89. The second-order valence-electron chi connectivity index (χ2n) is 8.17. The van der Waals surface area contributed by atoms with E-state index >= 15 is 0 Å². The number of rotatable bonds is 7. The largest absolute Gasteiger partial charge is 0.397 e. The predicted molar refractivity (Wildman–Crippen MR) is 139 cm³/mol. The number of nitrogens with two attached hydrogens (primary N) is 1. The molecule has 2 aromatic carbocycles. The second kappa shape index (κ2) is 9.51. The van der Waals surface area contributed by atoms with Crippen LogP contribution in [0.4, 0.5) is 23.0 Å². The van der Waals surface area contributed by atoms with Crippen LogP contribution in [0.15, 0.2) is 72.0 Å². The Morgan fingerprint density at radius 2 is 1.94 bits per heavy atom. The molecule has 0 saturated heterocycles. The smallest absolute Gasteiger partial charge is 0.255 e. The molecule has 0 saturated carbocycles. The summed E-state index contributed by atoms with van der Waals surface area (Å²) in [7, 11) is 0. The third-order valence-electron chi connectivity index (χ3n) is 5.36. The monoisotopic (exact) mass is 484 g/mol. The maximum Gasteiger partial charge on any atom is 0.255 e. The number of aryl methyl sites for hydroxylation is 2. The van der Waals surface area contributed by atoms with Gasteiger partial charge in [0.15, 0.2) is 11.6 Å². The van der Waals surface area contributed by atoms with Crippen molar-refractivity contribution in [3.05, 3.63) is 89.2 Å². The number of anilines is 4. The van der Waals surface area contributed by atoms with Crippen LogP contribution in [0.2, 0.25) is 0 Å². The Morgan fingerprint density at radius 1 is 1.11 bits per heavy atom. The van der Waals surface area contributed by atoms with Crippen molar-refractivity contribution in [2.24, 2.45) is 0 Å². The molecule has 0 fully saturated rings. The molecule has 0 atom stereocenters. The lowest BCUT2D eigenvalue weighted by Crippen LogP contribution is -2.13. The number of thioether (sulfide) groups is 1. The molecule has 5 rings (SSSR count). The van der Waals surface area contributed by atoms with E-state index in [2.05, 4.69) is 30.9 Å². The summed E-state index contributed by atoms with van der Waals surface area (Å²) >= 11 is 1.51. The molecule has 0 radical (unpaired) electrons. The number of carbonyl (C=O) groups is 1. The van der Waals surface area contributed by atoms with Crippen LogP contribution in [-0.2, 0) is 5.75 Å². The minimum Gasteiger partial charge on any atom is -0.397 e. The second-order valence-corrected chi connectivity index (χ2v) is 9.12. The van der Waals surface area contributed by atoms with Crippen LogP contribution in [0, 0.1) is 13.8 Å². The van der Waals surface area contributed by atoms with Gasteiger partial charge in [0.05, 0.1) is 11.4 Å². The fourth-order valence-electron chi connectivity index (χ4n) is 3.56. The van der Waals surface area contributed by atoms with E-state index in [1.54, 1.807) is 16.6 Å². The van der Waals surface area contributed by atoms with Crippen LogP contribution in [0.1, 0.15) is 27.2 Å². The highest BCUT2D eigenvalue weighted by Gasteiger charge is 2.12. The molecule has 1 amide bonds. The highest BCUT2D eigenvalue weighted by Crippen LogP contribution is 2.25. The first-order valence-corrected chi connectivity index (χ1v) is 12.0. The topological polar surface area (TPSA) is 126 Å². The summed E-state index contributed by atoms with van der Waals surface area (Å²) < 4.78 is 1.79. The van der Waals surface area contributed by atoms with Gasteiger partial charge in [-0.05, 0) is 61.4 Å². The SMILES string of the molecule is Cc1ccc(NC(=O)c2ccc(CSc3nc(Nc4cc(C)[nH]n4)c4cccn4n3)cc2)c(N)c1. The molecule has 10 heteroatoms. The molecule has 5 N–H and O–H groups in total. The van der Waals surface area contributed by atoms with Crippen molar-refractivity contribution in [3.8, 4) is 0 Å². The number of amides is 1. The van der Waals surface area contributed by atoms with E-state index in [1.165, 1.54) is 11.8 Å². The van der Waals surface area contributed by atoms with Gasteiger partial charge >= 0.3 is 0 Å². The fourth-order valence-corrected chi connectivity index (χ4v) is 4.35. The molecule has 0 bridgehead atoms. The number of benzene rings is 2. The third-order valence-corrected chi connectivity index (χ3v) is 6.27. The average Bonchev–Trinajstić information content (AvgIpc) is 3.48. The van der Waals surface area contributed by atoms with Crippen molar-refractivity contribution in [1.82, 2.24) is 24.8 Å². The minimum absolute atomic E-state index is 0.203. The van der Waals surface area contributed by atoms with Gasteiger partial charge in [-0.1, -0.05) is 30.0 Å². The quantitative estimate of drug-likeness (QED) is 0.190. The molecule has 0 aliphatic rings. The summed E-state index contributed by atoms with van der Waals surface area (Å²) in [5.74, 6) is 1.83. The van der Waals surface area contributed by atoms with Crippen LogP contribution < -0.4 is 16.4 Å². The van der Waals surface area contributed by atoms with Crippen LogP contribution in [0.25, 0.3) is 5.52 Å². The maximum atomic E-state index is 12.6.